The third-order valence-electron chi connectivity index (χ3n) is 3.68. The van der Waals surface area contributed by atoms with Crippen molar-refractivity contribution in [1.29, 1.82) is 0 Å². The molecule has 1 saturated carbocycles. The lowest BCUT2D eigenvalue weighted by molar-refractivity contribution is -0.126. The molecule has 4 heteroatoms. The molecule has 0 unspecified atom stereocenters. The van der Waals surface area contributed by atoms with Gasteiger partial charge in [0.1, 0.15) is 0 Å². The Hall–Kier alpha value is -0.540. The van der Waals surface area contributed by atoms with Gasteiger partial charge in [0.05, 0.1) is 5.69 Å². The molecular weight excluding hydrogens is 314 g/mol. The lowest BCUT2D eigenvalue weighted by Gasteiger charge is -2.32. The quantitative estimate of drug-likeness (QED) is 0.811. The van der Waals surface area contributed by atoms with Crippen molar-refractivity contribution in [2.75, 3.05) is 5.32 Å². The maximum absolute atomic E-state index is 12.4. The van der Waals surface area contributed by atoms with Gasteiger partial charge in [-0.2, -0.15) is 0 Å². The molecule has 1 aromatic carbocycles. The van der Waals surface area contributed by atoms with Gasteiger partial charge in [-0.1, -0.05) is 37.8 Å². The number of carbonyl (C=O) groups excluding carboxylic acids is 1. The molecule has 0 aliphatic heterocycles. The topological polar surface area (TPSA) is 29.1 Å². The Morgan fingerprint density at radius 1 is 1.33 bits per heavy atom. The zero-order chi connectivity index (χ0) is 13.2. The van der Waals surface area contributed by atoms with Crippen LogP contribution in [0, 0.1) is 5.41 Å². The first kappa shape index (κ1) is 13.9. The van der Waals surface area contributed by atoms with Crippen LogP contribution in [0.5, 0.6) is 0 Å². The van der Waals surface area contributed by atoms with Gasteiger partial charge in [0.25, 0.3) is 0 Å². The molecule has 0 spiro atoms. The normalized spacial score (nSPS) is 18.4. The van der Waals surface area contributed by atoms with Gasteiger partial charge in [-0.15, -0.1) is 0 Å². The van der Waals surface area contributed by atoms with Gasteiger partial charge in [0, 0.05) is 14.9 Å². The average molecular weight is 331 g/mol. The fourth-order valence-electron chi connectivity index (χ4n) is 2.43. The minimum Gasteiger partial charge on any atom is -0.325 e. The minimum atomic E-state index is -0.236. The summed E-state index contributed by atoms with van der Waals surface area (Å²) in [5, 5.41) is 3.62. The van der Waals surface area contributed by atoms with E-state index in [1.54, 1.807) is 12.1 Å². The van der Waals surface area contributed by atoms with E-state index in [2.05, 4.69) is 28.2 Å². The SMILES string of the molecule is CC1(C(=O)Nc2cc(Cl)ccc2Br)CCCCC1. The van der Waals surface area contributed by atoms with Crippen LogP contribution in [0.3, 0.4) is 0 Å². The maximum Gasteiger partial charge on any atom is 0.230 e. The van der Waals surface area contributed by atoms with Crippen LogP contribution in [0.15, 0.2) is 22.7 Å². The van der Waals surface area contributed by atoms with Crippen molar-refractivity contribution in [1.82, 2.24) is 0 Å². The van der Waals surface area contributed by atoms with Gasteiger partial charge in [-0.3, -0.25) is 4.79 Å². The standard InChI is InChI=1S/C14H17BrClNO/c1-14(7-3-2-4-8-14)13(18)17-12-9-10(16)5-6-11(12)15/h5-6,9H,2-4,7-8H2,1H3,(H,17,18). The second-order valence-electron chi connectivity index (χ2n) is 5.20. The smallest absolute Gasteiger partial charge is 0.230 e. The maximum atomic E-state index is 12.4. The Labute approximate surface area is 121 Å². The first-order chi connectivity index (χ1) is 8.51. The van der Waals surface area contributed by atoms with Crippen LogP contribution in [0.25, 0.3) is 0 Å². The summed E-state index contributed by atoms with van der Waals surface area (Å²) in [4.78, 5) is 12.4. The lowest BCUT2D eigenvalue weighted by atomic mass is 9.75. The molecule has 0 bridgehead atoms. The molecule has 0 radical (unpaired) electrons. The molecule has 0 heterocycles. The molecule has 1 N–H and O–H groups in total. The largest absolute Gasteiger partial charge is 0.325 e. The number of hydrogen-bond acceptors (Lipinski definition) is 1. The van der Waals surface area contributed by atoms with Crippen LogP contribution in [0.4, 0.5) is 5.69 Å². The van der Waals surface area contributed by atoms with E-state index in [1.165, 1.54) is 6.42 Å². The third-order valence-corrected chi connectivity index (χ3v) is 4.61. The molecule has 2 rings (SSSR count). The van der Waals surface area contributed by atoms with Crippen molar-refractivity contribution in [2.24, 2.45) is 5.41 Å². The van der Waals surface area contributed by atoms with Crippen molar-refractivity contribution in [2.45, 2.75) is 39.0 Å². The predicted molar refractivity (Wildman–Crippen MR) is 79.0 cm³/mol. The van der Waals surface area contributed by atoms with Gasteiger partial charge in [-0.05, 0) is 47.0 Å². The zero-order valence-corrected chi connectivity index (χ0v) is 12.8. The van der Waals surface area contributed by atoms with E-state index in [1.807, 2.05) is 6.07 Å². The third kappa shape index (κ3) is 3.07. The summed E-state index contributed by atoms with van der Waals surface area (Å²) < 4.78 is 0.861. The van der Waals surface area contributed by atoms with Gasteiger partial charge in [-0.25, -0.2) is 0 Å². The first-order valence-corrected chi connectivity index (χ1v) is 7.45. The molecule has 1 aromatic rings. The van der Waals surface area contributed by atoms with E-state index >= 15 is 0 Å². The highest BCUT2D eigenvalue weighted by Crippen LogP contribution is 2.37. The summed E-state index contributed by atoms with van der Waals surface area (Å²) in [6.45, 7) is 2.06. The molecular formula is C14H17BrClNO. The predicted octanol–water partition coefficient (Wildman–Crippen LogP) is 5.01. The van der Waals surface area contributed by atoms with Gasteiger partial charge in [0.2, 0.25) is 5.91 Å². The number of amides is 1. The van der Waals surface area contributed by atoms with Crippen LogP contribution in [-0.4, -0.2) is 5.91 Å². The Balaban J connectivity index is 2.13. The summed E-state index contributed by atoms with van der Waals surface area (Å²) in [5.41, 5.74) is 0.513. The summed E-state index contributed by atoms with van der Waals surface area (Å²) in [6.07, 6.45) is 5.46. The Morgan fingerprint density at radius 2 is 2.00 bits per heavy atom. The molecule has 98 valence electrons. The Bertz CT molecular complexity index is 455. The molecule has 2 nitrogen and oxygen atoms in total. The molecule has 1 aliphatic carbocycles. The molecule has 1 amide bonds. The highest BCUT2D eigenvalue weighted by Gasteiger charge is 2.34. The minimum absolute atomic E-state index is 0.102. The van der Waals surface area contributed by atoms with Crippen molar-refractivity contribution >= 4 is 39.1 Å². The van der Waals surface area contributed by atoms with Crippen molar-refractivity contribution < 1.29 is 4.79 Å². The van der Waals surface area contributed by atoms with Gasteiger partial charge in [0.15, 0.2) is 0 Å². The average Bonchev–Trinajstić information content (AvgIpc) is 2.35. The number of benzene rings is 1. The monoisotopic (exact) mass is 329 g/mol. The summed E-state index contributed by atoms with van der Waals surface area (Å²) in [5.74, 6) is 0.102. The highest BCUT2D eigenvalue weighted by atomic mass is 79.9. The molecule has 0 saturated heterocycles. The highest BCUT2D eigenvalue weighted by molar-refractivity contribution is 9.10. The molecule has 0 aromatic heterocycles. The summed E-state index contributed by atoms with van der Waals surface area (Å²) in [6, 6.07) is 5.42. The van der Waals surface area contributed by atoms with Crippen LogP contribution in [-0.2, 0) is 4.79 Å². The Morgan fingerprint density at radius 3 is 2.67 bits per heavy atom. The van der Waals surface area contributed by atoms with Gasteiger partial charge < -0.3 is 5.32 Å². The van der Waals surface area contributed by atoms with Crippen molar-refractivity contribution in [3.8, 4) is 0 Å². The summed E-state index contributed by atoms with van der Waals surface area (Å²) in [7, 11) is 0. The van der Waals surface area contributed by atoms with E-state index in [4.69, 9.17) is 11.6 Å². The fourth-order valence-corrected chi connectivity index (χ4v) is 2.94. The number of carbonyl (C=O) groups is 1. The second-order valence-corrected chi connectivity index (χ2v) is 6.49. The Kier molecular flexibility index (Phi) is 4.33. The fraction of sp³-hybridized carbons (Fsp3) is 0.500. The molecule has 1 aliphatic rings. The van der Waals surface area contributed by atoms with E-state index in [9.17, 15) is 4.79 Å². The van der Waals surface area contributed by atoms with Crippen LogP contribution in [0.2, 0.25) is 5.02 Å². The molecule has 1 fully saturated rings. The molecule has 18 heavy (non-hydrogen) atoms. The van der Waals surface area contributed by atoms with Crippen LogP contribution < -0.4 is 5.32 Å². The first-order valence-electron chi connectivity index (χ1n) is 6.28. The van der Waals surface area contributed by atoms with E-state index in [0.29, 0.717) is 5.02 Å². The lowest BCUT2D eigenvalue weighted by Crippen LogP contribution is -2.35. The van der Waals surface area contributed by atoms with Gasteiger partial charge >= 0.3 is 0 Å². The number of nitrogens with one attached hydrogen (secondary N) is 1. The van der Waals surface area contributed by atoms with E-state index in [-0.39, 0.29) is 11.3 Å². The van der Waals surface area contributed by atoms with Crippen molar-refractivity contribution in [3.05, 3.63) is 27.7 Å². The summed E-state index contributed by atoms with van der Waals surface area (Å²) >= 11 is 9.38. The van der Waals surface area contributed by atoms with E-state index in [0.717, 1.165) is 35.8 Å². The van der Waals surface area contributed by atoms with Crippen LogP contribution in [0.1, 0.15) is 39.0 Å². The number of hydrogen-bond donors (Lipinski definition) is 1. The number of rotatable bonds is 2. The second kappa shape index (κ2) is 5.62. The number of halogens is 2. The van der Waals surface area contributed by atoms with E-state index < -0.39 is 0 Å². The molecule has 0 atom stereocenters. The van der Waals surface area contributed by atoms with Crippen molar-refractivity contribution in [3.63, 3.8) is 0 Å². The number of anilines is 1. The zero-order valence-electron chi connectivity index (χ0n) is 10.4. The van der Waals surface area contributed by atoms with Crippen LogP contribution >= 0.6 is 27.5 Å².